The molecule has 2 aromatic heterocycles. The first kappa shape index (κ1) is 13.5. The van der Waals surface area contributed by atoms with Gasteiger partial charge in [0.25, 0.3) is 5.91 Å². The van der Waals surface area contributed by atoms with E-state index in [1.807, 2.05) is 17.7 Å². The van der Waals surface area contributed by atoms with Crippen LogP contribution in [0, 0.1) is 5.82 Å². The maximum absolute atomic E-state index is 14.3. The molecule has 7 heteroatoms. The minimum atomic E-state index is -0.599. The number of rotatable bonds is 3. The van der Waals surface area contributed by atoms with Crippen LogP contribution in [0.3, 0.4) is 0 Å². The fourth-order valence-corrected chi connectivity index (χ4v) is 2.42. The van der Waals surface area contributed by atoms with Crippen molar-refractivity contribution < 1.29 is 9.18 Å². The molecule has 0 radical (unpaired) electrons. The maximum Gasteiger partial charge on any atom is 0.257 e. The van der Waals surface area contributed by atoms with Gasteiger partial charge in [-0.2, -0.15) is 0 Å². The lowest BCUT2D eigenvalue weighted by molar-refractivity contribution is 0.0702. The van der Waals surface area contributed by atoms with E-state index in [-0.39, 0.29) is 17.3 Å². The Morgan fingerprint density at radius 3 is 3.05 bits per heavy atom. The fraction of sp³-hybridized carbons (Fsp3) is 0.357. The molecule has 0 atom stereocenters. The lowest BCUT2D eigenvalue weighted by Crippen LogP contribution is -2.38. The molecule has 2 aromatic rings. The Morgan fingerprint density at radius 1 is 1.38 bits per heavy atom. The van der Waals surface area contributed by atoms with Gasteiger partial charge >= 0.3 is 0 Å². The van der Waals surface area contributed by atoms with Gasteiger partial charge in [-0.3, -0.25) is 4.79 Å². The van der Waals surface area contributed by atoms with E-state index in [4.69, 9.17) is 0 Å². The van der Waals surface area contributed by atoms with Crippen molar-refractivity contribution in [2.75, 3.05) is 18.4 Å². The first-order chi connectivity index (χ1) is 10.2. The molecule has 0 bridgehead atoms. The molecule has 110 valence electrons. The summed E-state index contributed by atoms with van der Waals surface area (Å²) < 4.78 is 16.3. The molecule has 1 aliphatic heterocycles. The highest BCUT2D eigenvalue weighted by Gasteiger charge is 2.25. The number of halogens is 1. The molecular formula is C14H16FN5O. The molecule has 3 heterocycles. The third-order valence-electron chi connectivity index (χ3n) is 3.50. The molecule has 0 fully saturated rings. The quantitative estimate of drug-likeness (QED) is 0.930. The zero-order valence-electron chi connectivity index (χ0n) is 11.7. The molecule has 1 N–H and O–H groups in total. The number of amides is 1. The second kappa shape index (κ2) is 5.51. The summed E-state index contributed by atoms with van der Waals surface area (Å²) in [4.78, 5) is 22.2. The van der Waals surface area contributed by atoms with E-state index in [1.54, 1.807) is 11.1 Å². The third kappa shape index (κ3) is 2.46. The molecule has 6 nitrogen and oxygen atoms in total. The van der Waals surface area contributed by atoms with Gasteiger partial charge in [-0.15, -0.1) is 0 Å². The number of pyridine rings is 1. The van der Waals surface area contributed by atoms with E-state index in [0.29, 0.717) is 26.2 Å². The van der Waals surface area contributed by atoms with Crippen molar-refractivity contribution in [3.63, 3.8) is 0 Å². The number of carbonyl (C=O) groups is 1. The van der Waals surface area contributed by atoms with Gasteiger partial charge in [-0.1, -0.05) is 0 Å². The van der Waals surface area contributed by atoms with Gasteiger partial charge in [0.2, 0.25) is 0 Å². The van der Waals surface area contributed by atoms with Crippen LogP contribution in [0.4, 0.5) is 10.2 Å². The lowest BCUT2D eigenvalue weighted by Gasteiger charge is -2.28. The van der Waals surface area contributed by atoms with Crippen molar-refractivity contribution in [3.8, 4) is 0 Å². The first-order valence-electron chi connectivity index (χ1n) is 6.88. The number of aromatic nitrogens is 3. The summed E-state index contributed by atoms with van der Waals surface area (Å²) in [6.45, 7) is 4.00. The second-order valence-corrected chi connectivity index (χ2v) is 4.82. The number of hydrogen-bond acceptors (Lipinski definition) is 4. The number of fused-ring (bicyclic) bond motifs is 1. The number of carbonyl (C=O) groups excluding carboxylic acids is 1. The number of nitrogens with one attached hydrogen (secondary N) is 1. The fourth-order valence-electron chi connectivity index (χ4n) is 2.42. The summed E-state index contributed by atoms with van der Waals surface area (Å²) in [6.07, 6.45) is 5.03. The second-order valence-electron chi connectivity index (χ2n) is 4.82. The highest BCUT2D eigenvalue weighted by Crippen LogP contribution is 2.19. The van der Waals surface area contributed by atoms with Crippen molar-refractivity contribution in [2.24, 2.45) is 0 Å². The standard InChI is InChI=1S/C14H16FN5O/c1-2-16-13-12(15)10(3-4-18-13)14(21)20-8-7-19-6-5-17-11(19)9-20/h3-6H,2,7-9H2,1H3,(H,16,18). The minimum absolute atomic E-state index is 0.0426. The summed E-state index contributed by atoms with van der Waals surface area (Å²) in [7, 11) is 0. The number of nitrogens with zero attached hydrogens (tertiary/aromatic N) is 4. The Balaban J connectivity index is 1.85. The van der Waals surface area contributed by atoms with Gasteiger partial charge in [0.15, 0.2) is 11.6 Å². The van der Waals surface area contributed by atoms with Gasteiger partial charge in [0, 0.05) is 38.2 Å². The van der Waals surface area contributed by atoms with Crippen molar-refractivity contribution in [1.82, 2.24) is 19.4 Å². The van der Waals surface area contributed by atoms with E-state index in [0.717, 1.165) is 5.82 Å². The van der Waals surface area contributed by atoms with Crippen LogP contribution in [0.25, 0.3) is 0 Å². The summed E-state index contributed by atoms with van der Waals surface area (Å²) in [5.74, 6) is -0.000557. The predicted octanol–water partition coefficient (Wildman–Crippen LogP) is 1.50. The molecular weight excluding hydrogens is 273 g/mol. The summed E-state index contributed by atoms with van der Waals surface area (Å²) in [5, 5.41) is 2.81. The molecule has 1 amide bonds. The van der Waals surface area contributed by atoms with Gasteiger partial charge in [0.1, 0.15) is 5.82 Å². The van der Waals surface area contributed by atoms with Gasteiger partial charge in [-0.25, -0.2) is 14.4 Å². The van der Waals surface area contributed by atoms with Crippen LogP contribution in [-0.4, -0.2) is 38.4 Å². The third-order valence-corrected chi connectivity index (χ3v) is 3.50. The Hall–Kier alpha value is -2.44. The van der Waals surface area contributed by atoms with Crippen LogP contribution in [0.1, 0.15) is 23.1 Å². The average molecular weight is 289 g/mol. The van der Waals surface area contributed by atoms with Crippen LogP contribution in [0.5, 0.6) is 0 Å². The van der Waals surface area contributed by atoms with Crippen LogP contribution >= 0.6 is 0 Å². The van der Waals surface area contributed by atoms with E-state index in [9.17, 15) is 9.18 Å². The minimum Gasteiger partial charge on any atom is -0.368 e. The molecule has 3 rings (SSSR count). The normalized spacial score (nSPS) is 13.9. The Labute approximate surface area is 121 Å². The number of anilines is 1. The largest absolute Gasteiger partial charge is 0.368 e. The van der Waals surface area contributed by atoms with Crippen molar-refractivity contribution in [3.05, 3.63) is 41.9 Å². The zero-order chi connectivity index (χ0) is 14.8. The Bertz CT molecular complexity index is 669. The van der Waals surface area contributed by atoms with Crippen LogP contribution in [0.15, 0.2) is 24.7 Å². The van der Waals surface area contributed by atoms with Crippen LogP contribution in [-0.2, 0) is 13.1 Å². The smallest absolute Gasteiger partial charge is 0.257 e. The van der Waals surface area contributed by atoms with Crippen LogP contribution in [0.2, 0.25) is 0 Å². The van der Waals surface area contributed by atoms with Gasteiger partial charge in [-0.05, 0) is 13.0 Å². The summed E-state index contributed by atoms with van der Waals surface area (Å²) in [6, 6.07) is 1.42. The maximum atomic E-state index is 14.3. The monoisotopic (exact) mass is 289 g/mol. The van der Waals surface area contributed by atoms with Gasteiger partial charge in [0.05, 0.1) is 12.1 Å². The van der Waals surface area contributed by atoms with Crippen molar-refractivity contribution in [1.29, 1.82) is 0 Å². The average Bonchev–Trinajstić information content (AvgIpc) is 2.96. The number of hydrogen-bond donors (Lipinski definition) is 1. The first-order valence-corrected chi connectivity index (χ1v) is 6.88. The van der Waals surface area contributed by atoms with Crippen LogP contribution < -0.4 is 5.32 Å². The van der Waals surface area contributed by atoms with Gasteiger partial charge < -0.3 is 14.8 Å². The Kier molecular flexibility index (Phi) is 3.55. The predicted molar refractivity (Wildman–Crippen MR) is 75.3 cm³/mol. The molecule has 0 spiro atoms. The highest BCUT2D eigenvalue weighted by molar-refractivity contribution is 5.95. The molecule has 0 saturated heterocycles. The molecule has 0 aromatic carbocycles. The lowest BCUT2D eigenvalue weighted by atomic mass is 10.2. The topological polar surface area (TPSA) is 63.1 Å². The van der Waals surface area contributed by atoms with Crippen molar-refractivity contribution in [2.45, 2.75) is 20.0 Å². The molecule has 21 heavy (non-hydrogen) atoms. The highest BCUT2D eigenvalue weighted by atomic mass is 19.1. The summed E-state index contributed by atoms with van der Waals surface area (Å²) >= 11 is 0. The molecule has 1 aliphatic rings. The van der Waals surface area contributed by atoms with Crippen molar-refractivity contribution >= 4 is 11.7 Å². The summed E-state index contributed by atoms with van der Waals surface area (Å²) in [5.41, 5.74) is 0.0426. The van der Waals surface area contributed by atoms with E-state index in [2.05, 4.69) is 15.3 Å². The molecule has 0 saturated carbocycles. The SMILES string of the molecule is CCNc1nccc(C(=O)N2CCn3ccnc3C2)c1F. The van der Waals surface area contributed by atoms with E-state index >= 15 is 0 Å². The molecule has 0 aliphatic carbocycles. The Morgan fingerprint density at radius 2 is 2.24 bits per heavy atom. The number of imidazole rings is 1. The van der Waals surface area contributed by atoms with E-state index < -0.39 is 5.82 Å². The molecule has 0 unspecified atom stereocenters. The zero-order valence-corrected chi connectivity index (χ0v) is 11.7. The van der Waals surface area contributed by atoms with E-state index in [1.165, 1.54) is 12.3 Å².